The normalized spacial score (nSPS) is 10.1. The SMILES string of the molecule is CCNc1ccc([N+](=O)[O-])c(Oc2cncc(Cl)c2)n1. The van der Waals surface area contributed by atoms with E-state index >= 15 is 0 Å². The summed E-state index contributed by atoms with van der Waals surface area (Å²) >= 11 is 5.79. The maximum Gasteiger partial charge on any atom is 0.331 e. The molecular weight excluding hydrogens is 284 g/mol. The second kappa shape index (κ2) is 6.16. The Morgan fingerprint density at radius 2 is 2.25 bits per heavy atom. The Balaban J connectivity index is 2.36. The highest BCUT2D eigenvalue weighted by Crippen LogP contribution is 2.31. The van der Waals surface area contributed by atoms with Crippen molar-refractivity contribution < 1.29 is 9.66 Å². The van der Waals surface area contributed by atoms with Crippen LogP contribution in [0.2, 0.25) is 5.02 Å². The van der Waals surface area contributed by atoms with Crippen molar-refractivity contribution in [1.82, 2.24) is 9.97 Å². The predicted octanol–water partition coefficient (Wildman–Crippen LogP) is 3.26. The third-order valence-corrected chi connectivity index (χ3v) is 2.50. The summed E-state index contributed by atoms with van der Waals surface area (Å²) in [5.41, 5.74) is -0.230. The molecule has 0 saturated heterocycles. The highest BCUT2D eigenvalue weighted by atomic mass is 35.5. The average molecular weight is 295 g/mol. The maximum atomic E-state index is 11.0. The highest BCUT2D eigenvalue weighted by molar-refractivity contribution is 6.30. The third-order valence-electron chi connectivity index (χ3n) is 2.29. The molecule has 0 unspecified atom stereocenters. The Morgan fingerprint density at radius 3 is 2.90 bits per heavy atom. The molecule has 1 N–H and O–H groups in total. The fourth-order valence-electron chi connectivity index (χ4n) is 1.49. The summed E-state index contributed by atoms with van der Waals surface area (Å²) in [6, 6.07) is 4.35. The minimum Gasteiger partial charge on any atom is -0.432 e. The van der Waals surface area contributed by atoms with Crippen molar-refractivity contribution in [3.63, 3.8) is 0 Å². The minimum absolute atomic E-state index is 0.113. The van der Waals surface area contributed by atoms with Crippen LogP contribution in [0, 0.1) is 10.1 Å². The molecule has 0 bridgehead atoms. The van der Waals surface area contributed by atoms with E-state index in [2.05, 4.69) is 15.3 Å². The average Bonchev–Trinajstić information content (AvgIpc) is 2.39. The molecule has 7 nitrogen and oxygen atoms in total. The first kappa shape index (κ1) is 14.0. The smallest absolute Gasteiger partial charge is 0.331 e. The summed E-state index contributed by atoms with van der Waals surface area (Å²) in [4.78, 5) is 18.3. The molecule has 104 valence electrons. The number of nitrogens with zero attached hydrogens (tertiary/aromatic N) is 3. The molecule has 0 atom stereocenters. The zero-order valence-corrected chi connectivity index (χ0v) is 11.3. The Hall–Kier alpha value is -2.41. The van der Waals surface area contributed by atoms with Crippen LogP contribution in [0.1, 0.15) is 6.92 Å². The molecule has 8 heteroatoms. The van der Waals surface area contributed by atoms with Gasteiger partial charge in [0.1, 0.15) is 11.6 Å². The first-order chi connectivity index (χ1) is 9.60. The van der Waals surface area contributed by atoms with Crippen LogP contribution in [0.5, 0.6) is 11.6 Å². The topological polar surface area (TPSA) is 90.2 Å². The van der Waals surface area contributed by atoms with Gasteiger partial charge in [-0.1, -0.05) is 11.6 Å². The van der Waals surface area contributed by atoms with E-state index in [-0.39, 0.29) is 17.3 Å². The second-order valence-electron chi connectivity index (χ2n) is 3.75. The van der Waals surface area contributed by atoms with E-state index in [1.165, 1.54) is 30.6 Å². The lowest BCUT2D eigenvalue weighted by Gasteiger charge is -2.07. The zero-order chi connectivity index (χ0) is 14.5. The van der Waals surface area contributed by atoms with Gasteiger partial charge in [-0.3, -0.25) is 15.1 Å². The number of hydrogen-bond donors (Lipinski definition) is 1. The predicted molar refractivity (Wildman–Crippen MR) is 74.4 cm³/mol. The Labute approximate surface area is 119 Å². The van der Waals surface area contributed by atoms with Crippen molar-refractivity contribution >= 4 is 23.1 Å². The van der Waals surface area contributed by atoms with Crippen LogP contribution in [0.4, 0.5) is 11.5 Å². The maximum absolute atomic E-state index is 11.0. The summed E-state index contributed by atoms with van der Waals surface area (Å²) in [6.07, 6.45) is 2.84. The number of pyridine rings is 2. The zero-order valence-electron chi connectivity index (χ0n) is 10.5. The van der Waals surface area contributed by atoms with Gasteiger partial charge < -0.3 is 10.1 Å². The van der Waals surface area contributed by atoms with Gasteiger partial charge in [0.05, 0.1) is 16.1 Å². The molecule has 20 heavy (non-hydrogen) atoms. The van der Waals surface area contributed by atoms with E-state index in [9.17, 15) is 10.1 Å². The number of anilines is 1. The number of hydrogen-bond acceptors (Lipinski definition) is 6. The number of rotatable bonds is 5. The number of ether oxygens (including phenoxy) is 1. The summed E-state index contributed by atoms with van der Waals surface area (Å²) < 4.78 is 5.40. The lowest BCUT2D eigenvalue weighted by atomic mass is 10.4. The lowest BCUT2D eigenvalue weighted by molar-refractivity contribution is -0.386. The van der Waals surface area contributed by atoms with E-state index < -0.39 is 4.92 Å². The highest BCUT2D eigenvalue weighted by Gasteiger charge is 2.18. The van der Waals surface area contributed by atoms with Gasteiger partial charge in [-0.05, 0) is 13.0 Å². The standard InChI is InChI=1S/C12H11ClN4O3/c1-2-15-11-4-3-10(17(18)19)12(16-11)20-9-5-8(13)6-14-7-9/h3-7H,2H2,1H3,(H,15,16). The molecule has 2 aromatic heterocycles. The van der Waals surface area contributed by atoms with Crippen molar-refractivity contribution in [3.8, 4) is 11.6 Å². The molecule has 0 amide bonds. The van der Waals surface area contributed by atoms with Gasteiger partial charge in [0.15, 0.2) is 0 Å². The molecule has 0 saturated carbocycles. The van der Waals surface area contributed by atoms with Crippen LogP contribution in [0.25, 0.3) is 0 Å². The van der Waals surface area contributed by atoms with Crippen LogP contribution in [0.15, 0.2) is 30.6 Å². The molecule has 0 spiro atoms. The fourth-order valence-corrected chi connectivity index (χ4v) is 1.65. The first-order valence-electron chi connectivity index (χ1n) is 5.78. The van der Waals surface area contributed by atoms with Crippen molar-refractivity contribution in [2.45, 2.75) is 6.92 Å². The number of halogens is 1. The van der Waals surface area contributed by atoms with Gasteiger partial charge in [-0.2, -0.15) is 4.98 Å². The third kappa shape index (κ3) is 3.33. The van der Waals surface area contributed by atoms with Gasteiger partial charge in [-0.25, -0.2) is 0 Å². The van der Waals surface area contributed by atoms with E-state index in [1.807, 2.05) is 6.92 Å². The number of aromatic nitrogens is 2. The second-order valence-corrected chi connectivity index (χ2v) is 4.19. The Bertz CT molecular complexity index is 636. The van der Waals surface area contributed by atoms with Crippen molar-refractivity contribution in [2.75, 3.05) is 11.9 Å². The quantitative estimate of drug-likeness (QED) is 0.672. The molecule has 0 aliphatic heterocycles. The molecule has 0 aromatic carbocycles. The van der Waals surface area contributed by atoms with Crippen molar-refractivity contribution in [2.24, 2.45) is 0 Å². The molecule has 0 radical (unpaired) electrons. The van der Waals surface area contributed by atoms with Crippen LogP contribution in [0.3, 0.4) is 0 Å². The molecular formula is C12H11ClN4O3. The summed E-state index contributed by atoms with van der Waals surface area (Å²) in [6.45, 7) is 2.54. The van der Waals surface area contributed by atoms with Crippen LogP contribution in [-0.4, -0.2) is 21.4 Å². The van der Waals surface area contributed by atoms with Gasteiger partial charge in [0.25, 0.3) is 0 Å². The summed E-state index contributed by atoms with van der Waals surface area (Å²) in [7, 11) is 0. The lowest BCUT2D eigenvalue weighted by Crippen LogP contribution is -2.02. The van der Waals surface area contributed by atoms with E-state index in [0.29, 0.717) is 17.4 Å². The van der Waals surface area contributed by atoms with Crippen LogP contribution >= 0.6 is 11.6 Å². The van der Waals surface area contributed by atoms with Crippen LogP contribution in [-0.2, 0) is 0 Å². The number of nitro groups is 1. The molecule has 2 heterocycles. The van der Waals surface area contributed by atoms with Crippen molar-refractivity contribution in [1.29, 1.82) is 0 Å². The summed E-state index contributed by atoms with van der Waals surface area (Å²) in [5.74, 6) is 0.655. The van der Waals surface area contributed by atoms with E-state index in [1.54, 1.807) is 0 Å². The van der Waals surface area contributed by atoms with E-state index in [0.717, 1.165) is 0 Å². The monoisotopic (exact) mass is 294 g/mol. The van der Waals surface area contributed by atoms with Gasteiger partial charge >= 0.3 is 11.6 Å². The van der Waals surface area contributed by atoms with Gasteiger partial charge in [0.2, 0.25) is 0 Å². The molecule has 0 aliphatic carbocycles. The Morgan fingerprint density at radius 1 is 1.45 bits per heavy atom. The molecule has 0 fully saturated rings. The summed E-state index contributed by atoms with van der Waals surface area (Å²) in [5, 5.41) is 14.3. The largest absolute Gasteiger partial charge is 0.432 e. The molecule has 2 rings (SSSR count). The van der Waals surface area contributed by atoms with Crippen LogP contribution < -0.4 is 10.1 Å². The first-order valence-corrected chi connectivity index (χ1v) is 6.15. The van der Waals surface area contributed by atoms with Crippen molar-refractivity contribution in [3.05, 3.63) is 45.7 Å². The molecule has 0 aliphatic rings. The van der Waals surface area contributed by atoms with E-state index in [4.69, 9.17) is 16.3 Å². The van der Waals surface area contributed by atoms with Gasteiger partial charge in [-0.15, -0.1) is 0 Å². The van der Waals surface area contributed by atoms with Gasteiger partial charge in [0, 0.05) is 24.9 Å². The fraction of sp³-hybridized carbons (Fsp3) is 0.167. The Kier molecular flexibility index (Phi) is 4.31. The number of nitrogens with one attached hydrogen (secondary N) is 1. The molecule has 2 aromatic rings. The minimum atomic E-state index is -0.559.